The van der Waals surface area contributed by atoms with Crippen LogP contribution in [-0.4, -0.2) is 30.1 Å². The molecule has 2 aromatic carbocycles. The first-order valence-electron chi connectivity index (χ1n) is 11.3. The van der Waals surface area contributed by atoms with Gasteiger partial charge in [0.2, 0.25) is 5.96 Å². The van der Waals surface area contributed by atoms with Crippen molar-refractivity contribution in [1.82, 2.24) is 5.16 Å². The Hall–Kier alpha value is -4.22. The summed E-state index contributed by atoms with van der Waals surface area (Å²) in [6.07, 6.45) is -5.74. The highest BCUT2D eigenvalue weighted by molar-refractivity contribution is 6.42. The van der Waals surface area contributed by atoms with Gasteiger partial charge in [-0.05, 0) is 31.2 Å². The summed E-state index contributed by atoms with van der Waals surface area (Å²) in [6, 6.07) is 12.5. The van der Waals surface area contributed by atoms with Crippen molar-refractivity contribution in [3.8, 4) is 11.3 Å². The van der Waals surface area contributed by atoms with Crippen LogP contribution in [0.5, 0.6) is 0 Å². The van der Waals surface area contributed by atoms with Crippen molar-refractivity contribution in [3.63, 3.8) is 0 Å². The van der Waals surface area contributed by atoms with E-state index < -0.39 is 29.0 Å². The molecule has 0 atom stereocenters. The van der Waals surface area contributed by atoms with Crippen LogP contribution in [0.15, 0.2) is 85.9 Å². The molecule has 1 aliphatic rings. The summed E-state index contributed by atoms with van der Waals surface area (Å²) in [7, 11) is 1.72. The number of hydrogen-bond acceptors (Lipinski definition) is 6. The van der Waals surface area contributed by atoms with Crippen molar-refractivity contribution in [2.24, 2.45) is 15.0 Å². The summed E-state index contributed by atoms with van der Waals surface area (Å²) in [5.41, 5.74) is -0.750. The van der Waals surface area contributed by atoms with Crippen LogP contribution in [0.2, 0.25) is 0 Å². The molecule has 0 saturated heterocycles. The fourth-order valence-corrected chi connectivity index (χ4v) is 3.29. The van der Waals surface area contributed by atoms with Gasteiger partial charge >= 0.3 is 12.4 Å². The molecule has 12 heteroatoms. The largest absolute Gasteiger partial charge is 0.417 e. The van der Waals surface area contributed by atoms with Crippen LogP contribution in [0.4, 0.5) is 32.0 Å². The van der Waals surface area contributed by atoms with E-state index in [1.807, 2.05) is 43.3 Å². The Balaban J connectivity index is 0.000000215. The van der Waals surface area contributed by atoms with Gasteiger partial charge in [0, 0.05) is 37.0 Å². The number of nitrogens with zero attached hydrogens (tertiary/aromatic N) is 4. The van der Waals surface area contributed by atoms with Crippen molar-refractivity contribution < 1.29 is 30.9 Å². The van der Waals surface area contributed by atoms with Crippen molar-refractivity contribution in [3.05, 3.63) is 83.3 Å². The van der Waals surface area contributed by atoms with Gasteiger partial charge in [-0.2, -0.15) is 26.3 Å². The molecule has 3 aromatic rings. The van der Waals surface area contributed by atoms with Gasteiger partial charge in [-0.3, -0.25) is 4.99 Å². The van der Waals surface area contributed by atoms with Crippen LogP contribution in [0, 0.1) is 0 Å². The maximum Gasteiger partial charge on any atom is 0.417 e. The minimum Gasteiger partial charge on any atom is -0.361 e. The van der Waals surface area contributed by atoms with Crippen LogP contribution in [0.25, 0.3) is 11.3 Å². The van der Waals surface area contributed by atoms with E-state index in [-0.39, 0.29) is 11.8 Å². The van der Waals surface area contributed by atoms with E-state index in [0.717, 1.165) is 23.2 Å². The molecular weight excluding hydrogens is 512 g/mol. The number of anilines is 1. The predicted molar refractivity (Wildman–Crippen MR) is 134 cm³/mol. The number of aliphatic imine (C=N–C) groups is 3. The van der Waals surface area contributed by atoms with E-state index in [0.29, 0.717) is 24.2 Å². The summed E-state index contributed by atoms with van der Waals surface area (Å²) >= 11 is 0. The minimum absolute atomic E-state index is 0.0790. The van der Waals surface area contributed by atoms with E-state index in [9.17, 15) is 26.3 Å². The monoisotopic (exact) mass is 535 g/mol. The molecule has 2 heterocycles. The third kappa shape index (κ3) is 7.17. The summed E-state index contributed by atoms with van der Waals surface area (Å²) < 4.78 is 81.3. The Kier molecular flexibility index (Phi) is 8.87. The third-order valence-electron chi connectivity index (χ3n) is 5.11. The van der Waals surface area contributed by atoms with E-state index in [4.69, 9.17) is 4.52 Å². The van der Waals surface area contributed by atoms with Gasteiger partial charge in [0.05, 0.1) is 16.8 Å². The molecule has 4 rings (SSSR count). The molecule has 0 unspecified atom stereocenters. The van der Waals surface area contributed by atoms with Gasteiger partial charge in [0.15, 0.2) is 0 Å². The first-order chi connectivity index (χ1) is 18.0. The number of halogens is 6. The van der Waals surface area contributed by atoms with Gasteiger partial charge < -0.3 is 9.84 Å². The second-order valence-corrected chi connectivity index (χ2v) is 7.77. The number of aromatic nitrogens is 1. The van der Waals surface area contributed by atoms with Crippen LogP contribution in [0.1, 0.15) is 30.7 Å². The molecule has 0 fully saturated rings. The Labute approximate surface area is 214 Å². The quantitative estimate of drug-likeness (QED) is 0.278. The second-order valence-electron chi connectivity index (χ2n) is 7.77. The first-order valence-corrected chi connectivity index (χ1v) is 11.3. The topological polar surface area (TPSA) is 75.1 Å². The number of aryl methyl sites for hydroxylation is 1. The summed E-state index contributed by atoms with van der Waals surface area (Å²) in [4.78, 5) is 12.7. The van der Waals surface area contributed by atoms with E-state index in [1.165, 1.54) is 6.07 Å². The molecule has 0 aliphatic carbocycles. The lowest BCUT2D eigenvalue weighted by Crippen LogP contribution is -2.12. The average molecular weight is 535 g/mol. The smallest absolute Gasteiger partial charge is 0.361 e. The molecular formula is C26H23F6N5O. The van der Waals surface area contributed by atoms with Gasteiger partial charge in [-0.25, -0.2) is 9.98 Å². The molecule has 0 saturated carbocycles. The number of guanidine groups is 1. The van der Waals surface area contributed by atoms with Crippen molar-refractivity contribution in [2.45, 2.75) is 32.6 Å². The van der Waals surface area contributed by atoms with Crippen LogP contribution >= 0.6 is 0 Å². The van der Waals surface area contributed by atoms with E-state index in [1.54, 1.807) is 20.2 Å². The lowest BCUT2D eigenvalue weighted by molar-refractivity contribution is -0.142. The summed E-state index contributed by atoms with van der Waals surface area (Å²) in [6.45, 7) is 3.64. The Bertz CT molecular complexity index is 1370. The zero-order chi connectivity index (χ0) is 27.9. The van der Waals surface area contributed by atoms with Gasteiger partial charge in [0.1, 0.15) is 17.2 Å². The van der Waals surface area contributed by atoms with E-state index >= 15 is 0 Å². The number of allylic oxidation sites excluding steroid dienone is 2. The molecule has 0 bridgehead atoms. The number of nitrogens with one attached hydrogen (secondary N) is 1. The SMILES string of the molecule is C/C=C1/N=C(Nc2ccccc2)N=C1C=NC.CCc1cc(-c2ccc(C(F)(F)F)cc2C(F)(F)F)no1. The fourth-order valence-electron chi connectivity index (χ4n) is 3.29. The Morgan fingerprint density at radius 3 is 2.21 bits per heavy atom. The molecule has 0 radical (unpaired) electrons. The number of benzene rings is 2. The lowest BCUT2D eigenvalue weighted by Gasteiger charge is -2.14. The van der Waals surface area contributed by atoms with Gasteiger partial charge in [0.25, 0.3) is 0 Å². The predicted octanol–water partition coefficient (Wildman–Crippen LogP) is 7.46. The molecule has 0 spiro atoms. The molecule has 6 nitrogen and oxygen atoms in total. The van der Waals surface area contributed by atoms with Crippen molar-refractivity contribution in [2.75, 3.05) is 12.4 Å². The molecule has 0 amide bonds. The number of para-hydroxylation sites is 1. The number of alkyl halides is 6. The standard InChI is InChI=1S/C13H9F6NO.C13H14N4/c1-2-8-6-11(20-21-8)9-4-3-7(12(14,15)16)5-10(9)13(17,18)19;1-3-11-12(9-14-2)17-13(16-11)15-10-7-5-4-6-8-10/h3-6H,2H2,1H3;3-9H,1-2H3,(H,15,16)/b;11-3+,14-9?. The molecule has 1 aromatic heterocycles. The van der Waals surface area contributed by atoms with E-state index in [2.05, 4.69) is 25.5 Å². The highest BCUT2D eigenvalue weighted by atomic mass is 19.4. The highest BCUT2D eigenvalue weighted by Gasteiger charge is 2.38. The van der Waals surface area contributed by atoms with Crippen LogP contribution < -0.4 is 5.32 Å². The number of rotatable bonds is 4. The fraction of sp³-hybridized carbons (Fsp3) is 0.231. The Morgan fingerprint density at radius 2 is 1.66 bits per heavy atom. The first kappa shape index (κ1) is 28.4. The molecule has 38 heavy (non-hydrogen) atoms. The summed E-state index contributed by atoms with van der Waals surface area (Å²) in [5, 5.41) is 6.62. The zero-order valence-corrected chi connectivity index (χ0v) is 20.5. The van der Waals surface area contributed by atoms with Crippen LogP contribution in [0.3, 0.4) is 0 Å². The molecule has 1 N–H and O–H groups in total. The maximum atomic E-state index is 13.0. The van der Waals surface area contributed by atoms with Crippen molar-refractivity contribution >= 4 is 23.6 Å². The Morgan fingerprint density at radius 1 is 0.947 bits per heavy atom. The second kappa shape index (κ2) is 11.9. The normalized spacial score (nSPS) is 14.8. The van der Waals surface area contributed by atoms with Gasteiger partial charge in [-0.1, -0.05) is 42.4 Å². The lowest BCUT2D eigenvalue weighted by atomic mass is 10.0. The van der Waals surface area contributed by atoms with Gasteiger partial charge in [-0.15, -0.1) is 0 Å². The summed E-state index contributed by atoms with van der Waals surface area (Å²) in [5.74, 6) is 0.942. The molecule has 1 aliphatic heterocycles. The highest BCUT2D eigenvalue weighted by Crippen LogP contribution is 2.40. The molecule has 200 valence electrons. The minimum atomic E-state index is -4.93. The van der Waals surface area contributed by atoms with Crippen molar-refractivity contribution in [1.29, 1.82) is 0 Å². The average Bonchev–Trinajstić information content (AvgIpc) is 3.51. The third-order valence-corrected chi connectivity index (χ3v) is 5.11. The maximum absolute atomic E-state index is 13.0. The van der Waals surface area contributed by atoms with Crippen LogP contribution in [-0.2, 0) is 18.8 Å². The number of hydrogen-bond donors (Lipinski definition) is 1. The zero-order valence-electron chi connectivity index (χ0n) is 20.5.